The number of hydrogen-bond acceptors (Lipinski definition) is 9. The van der Waals surface area contributed by atoms with Crippen LogP contribution in [-0.2, 0) is 39.0 Å². The Morgan fingerprint density at radius 1 is 0.413 bits per heavy atom. The second kappa shape index (κ2) is 20.6. The summed E-state index contributed by atoms with van der Waals surface area (Å²) in [4.78, 5) is 14.1. The molecule has 0 aliphatic heterocycles. The summed E-state index contributed by atoms with van der Waals surface area (Å²) in [6, 6.07) is 42.9. The maximum Gasteiger partial charge on any atom is 0.129 e. The standard InChI is InChI=1S/C17H19NOSSi.2C16H17NOSSi.2Zn/c1-19-15-10-9-12(21(2,3)4)11-13(15)17-18-14-7-5-6-8-16(14)20-17;2*1-20(2,3)11-8-9-14(18)12(10-11)16-17-13-6-4-5-7-15(13)19-16;;/h5-11H,1-4H3;2*4-10,18H,1-3H3;;. The van der Waals surface area contributed by atoms with E-state index < -0.39 is 24.2 Å². The van der Waals surface area contributed by atoms with Gasteiger partial charge in [0.1, 0.15) is 32.3 Å². The molecule has 0 radical (unpaired) electrons. The zero-order valence-corrected chi connectivity index (χ0v) is 49.3. The van der Waals surface area contributed by atoms with Crippen molar-refractivity contribution < 1.29 is 53.9 Å². The van der Waals surface area contributed by atoms with Crippen LogP contribution in [0, 0.1) is 0 Å². The topological polar surface area (TPSA) is 88.4 Å². The minimum absolute atomic E-state index is 0. The number of nitrogens with zero attached hydrogens (tertiary/aromatic N) is 3. The molecule has 9 rings (SSSR count). The first-order chi connectivity index (χ1) is 28.9. The van der Waals surface area contributed by atoms with Gasteiger partial charge < -0.3 is 14.9 Å². The van der Waals surface area contributed by atoms with Crippen molar-refractivity contribution in [2.24, 2.45) is 0 Å². The van der Waals surface area contributed by atoms with E-state index in [1.807, 2.05) is 54.6 Å². The molecule has 0 saturated heterocycles. The van der Waals surface area contributed by atoms with Crippen LogP contribution in [0.5, 0.6) is 17.2 Å². The van der Waals surface area contributed by atoms with E-state index in [1.54, 1.807) is 53.3 Å². The Morgan fingerprint density at radius 3 is 1.03 bits per heavy atom. The minimum atomic E-state index is -1.39. The van der Waals surface area contributed by atoms with E-state index in [2.05, 4.69) is 130 Å². The molecule has 0 atom stereocenters. The number of hydrogen-bond donors (Lipinski definition) is 2. The van der Waals surface area contributed by atoms with E-state index in [0.29, 0.717) is 11.5 Å². The predicted molar refractivity (Wildman–Crippen MR) is 274 cm³/mol. The Bertz CT molecular complexity index is 2750. The molecule has 6 aromatic carbocycles. The number of thiazole rings is 3. The predicted octanol–water partition coefficient (Wildman–Crippen LogP) is 12.9. The van der Waals surface area contributed by atoms with Crippen molar-refractivity contribution in [3.63, 3.8) is 0 Å². The number of phenols is 2. The van der Waals surface area contributed by atoms with Gasteiger partial charge in [0.15, 0.2) is 0 Å². The quantitative estimate of drug-likeness (QED) is 0.155. The fraction of sp³-hybridized carbons (Fsp3) is 0.204. The van der Waals surface area contributed by atoms with Crippen molar-refractivity contribution in [2.75, 3.05) is 7.11 Å². The molecule has 0 aliphatic rings. The second-order valence-electron chi connectivity index (χ2n) is 18.1. The van der Waals surface area contributed by atoms with Gasteiger partial charge in [-0.3, -0.25) is 0 Å². The fourth-order valence-electron chi connectivity index (χ4n) is 6.65. The van der Waals surface area contributed by atoms with Crippen molar-refractivity contribution in [3.05, 3.63) is 127 Å². The van der Waals surface area contributed by atoms with Crippen LogP contribution in [0.4, 0.5) is 0 Å². The first kappa shape index (κ1) is 50.3. The van der Waals surface area contributed by atoms with Crippen molar-refractivity contribution in [3.8, 4) is 49.0 Å². The van der Waals surface area contributed by atoms with Crippen molar-refractivity contribution in [2.45, 2.75) is 58.9 Å². The molecule has 0 bridgehead atoms. The molecule has 0 amide bonds. The molecule has 14 heteroatoms. The minimum Gasteiger partial charge on any atom is -0.507 e. The maximum absolute atomic E-state index is 10.2. The van der Waals surface area contributed by atoms with E-state index in [0.717, 1.165) is 63.4 Å². The Kier molecular flexibility index (Phi) is 16.5. The molecule has 0 saturated carbocycles. The third-order valence-corrected chi connectivity index (χ3v) is 19.7. The SMILES string of the molecule is COc1ccc([Si](C)(C)C)cc1-c1nc2ccccc2s1.C[Si](C)(C)c1ccc(O)c(-c2nc3ccccc3s2)c1.C[Si](C)(C)c1ccc(O)c(-c2nc3ccccc3s2)c1.[Zn].[Zn]. The number of para-hydroxylation sites is 3. The van der Waals surface area contributed by atoms with Crippen LogP contribution < -0.4 is 20.3 Å². The molecule has 3 aromatic heterocycles. The van der Waals surface area contributed by atoms with Crippen LogP contribution in [0.1, 0.15) is 0 Å². The van der Waals surface area contributed by atoms with Gasteiger partial charge in [-0.1, -0.05) is 129 Å². The third-order valence-electron chi connectivity index (χ3n) is 10.4. The van der Waals surface area contributed by atoms with Crippen LogP contribution in [-0.4, -0.2) is 56.5 Å². The van der Waals surface area contributed by atoms with E-state index in [9.17, 15) is 10.2 Å². The Morgan fingerprint density at radius 2 is 0.714 bits per heavy atom. The van der Waals surface area contributed by atoms with E-state index in [-0.39, 0.29) is 39.0 Å². The fourth-order valence-corrected chi connectivity index (χ4v) is 13.1. The molecule has 63 heavy (non-hydrogen) atoms. The molecular weight excluding hydrogens is 990 g/mol. The van der Waals surface area contributed by atoms with E-state index >= 15 is 0 Å². The molecule has 0 aliphatic carbocycles. The molecule has 0 fully saturated rings. The van der Waals surface area contributed by atoms with E-state index in [4.69, 9.17) is 9.72 Å². The maximum atomic E-state index is 10.2. The van der Waals surface area contributed by atoms with Gasteiger partial charge in [0.25, 0.3) is 0 Å². The molecule has 0 spiro atoms. The smallest absolute Gasteiger partial charge is 0.129 e. The third kappa shape index (κ3) is 12.0. The van der Waals surface area contributed by atoms with Crippen molar-refractivity contribution >= 4 is 104 Å². The second-order valence-corrected chi connectivity index (χ2v) is 36.4. The van der Waals surface area contributed by atoms with Crippen LogP contribution in [0.15, 0.2) is 127 Å². The summed E-state index contributed by atoms with van der Waals surface area (Å²) in [5.41, 5.74) is 5.85. The monoisotopic (exact) mass is 1040 g/mol. The van der Waals surface area contributed by atoms with Gasteiger partial charge in [0.2, 0.25) is 0 Å². The van der Waals surface area contributed by atoms with Crippen molar-refractivity contribution in [1.82, 2.24) is 15.0 Å². The average Bonchev–Trinajstić information content (AvgIpc) is 3.97. The van der Waals surface area contributed by atoms with Crippen molar-refractivity contribution in [1.29, 1.82) is 0 Å². The molecular formula is C49H53N3O3S3Si3Zn2. The first-order valence-corrected chi connectivity index (χ1v) is 33.3. The van der Waals surface area contributed by atoms with Crippen LogP contribution in [0.25, 0.3) is 62.4 Å². The summed E-state index contributed by atoms with van der Waals surface area (Å²) in [5, 5.41) is 27.2. The Balaban J connectivity index is 0.000000175. The average molecular weight is 1040 g/mol. The normalized spacial score (nSPS) is 11.5. The van der Waals surface area contributed by atoms with Gasteiger partial charge in [-0.2, -0.15) is 0 Å². The number of fused-ring (bicyclic) bond motifs is 3. The number of ether oxygens (including phenoxy) is 1. The van der Waals surface area contributed by atoms with E-state index in [1.165, 1.54) is 20.3 Å². The molecule has 9 aromatic rings. The first-order valence-electron chi connectivity index (χ1n) is 20.3. The summed E-state index contributed by atoms with van der Waals surface area (Å²) < 4.78 is 9.07. The van der Waals surface area contributed by atoms with Gasteiger partial charge in [-0.25, -0.2) is 15.0 Å². The summed E-state index contributed by atoms with van der Waals surface area (Å²) in [7, 11) is -2.42. The molecule has 6 nitrogen and oxygen atoms in total. The van der Waals surface area contributed by atoms with Crippen LogP contribution in [0.2, 0.25) is 58.9 Å². The summed E-state index contributed by atoms with van der Waals surface area (Å²) in [5.74, 6) is 1.52. The molecule has 2 N–H and O–H groups in total. The number of benzene rings is 6. The zero-order valence-electron chi connectivity index (χ0n) is 37.9. The molecule has 316 valence electrons. The largest absolute Gasteiger partial charge is 0.507 e. The summed E-state index contributed by atoms with van der Waals surface area (Å²) >= 11 is 4.98. The van der Waals surface area contributed by atoms with Gasteiger partial charge >= 0.3 is 0 Å². The Hall–Kier alpha value is -3.71. The number of aromatic hydroxyl groups is 2. The van der Waals surface area contributed by atoms with Crippen LogP contribution in [0.3, 0.4) is 0 Å². The van der Waals surface area contributed by atoms with Crippen LogP contribution >= 0.6 is 34.0 Å². The molecule has 3 heterocycles. The summed E-state index contributed by atoms with van der Waals surface area (Å²) in [6.45, 7) is 20.9. The summed E-state index contributed by atoms with van der Waals surface area (Å²) in [6.07, 6.45) is 0. The number of phenolic OH excluding ortho intramolecular Hbond substituents is 2. The van der Waals surface area contributed by atoms with Gasteiger partial charge in [-0.05, 0) is 72.8 Å². The number of rotatable bonds is 7. The number of aromatic nitrogens is 3. The van der Waals surface area contributed by atoms with Gasteiger partial charge in [0, 0.05) is 39.0 Å². The number of methoxy groups -OCH3 is 1. The Labute approximate surface area is 412 Å². The molecule has 0 unspecified atom stereocenters. The van der Waals surface area contributed by atoms with Gasteiger partial charge in [-0.15, -0.1) is 34.0 Å². The zero-order chi connectivity index (χ0) is 43.7. The van der Waals surface area contributed by atoms with Gasteiger partial charge in [0.05, 0.1) is 78.7 Å².